The van der Waals surface area contributed by atoms with Crippen molar-refractivity contribution in [3.05, 3.63) is 70.7 Å². The van der Waals surface area contributed by atoms with Crippen LogP contribution in [0.4, 0.5) is 0 Å². The van der Waals surface area contributed by atoms with Crippen molar-refractivity contribution >= 4 is 11.6 Å². The summed E-state index contributed by atoms with van der Waals surface area (Å²) in [6, 6.07) is 20.6. The maximum Gasteiger partial charge on any atom is 0.107 e. The van der Waals surface area contributed by atoms with Crippen LogP contribution in [0.2, 0.25) is 5.02 Å². The van der Waals surface area contributed by atoms with Gasteiger partial charge in [0.15, 0.2) is 0 Å². The molecule has 0 aliphatic carbocycles. The number of likely N-dealkylation sites (tertiary alicyclic amines) is 1. The molecular weight excluding hydrogens is 328 g/mol. The van der Waals surface area contributed by atoms with Crippen LogP contribution in [-0.4, -0.2) is 24.5 Å². The second-order valence-electron chi connectivity index (χ2n) is 6.90. The summed E-state index contributed by atoms with van der Waals surface area (Å²) in [7, 11) is 0. The predicted molar refractivity (Wildman–Crippen MR) is 104 cm³/mol. The minimum atomic E-state index is -0.609. The quantitative estimate of drug-likeness (QED) is 0.694. The molecule has 0 saturated carbocycles. The van der Waals surface area contributed by atoms with E-state index in [4.69, 9.17) is 11.6 Å². The van der Waals surface area contributed by atoms with E-state index >= 15 is 0 Å². The van der Waals surface area contributed by atoms with Gasteiger partial charge in [0.1, 0.15) is 5.41 Å². The molecule has 0 radical (unpaired) electrons. The van der Waals surface area contributed by atoms with Gasteiger partial charge >= 0.3 is 0 Å². The highest BCUT2D eigenvalue weighted by Crippen LogP contribution is 2.37. The van der Waals surface area contributed by atoms with E-state index in [-0.39, 0.29) is 0 Å². The number of rotatable bonds is 6. The van der Waals surface area contributed by atoms with Gasteiger partial charge in [0.05, 0.1) is 6.07 Å². The van der Waals surface area contributed by atoms with Crippen LogP contribution in [0.1, 0.15) is 43.2 Å². The maximum absolute atomic E-state index is 10.2. The van der Waals surface area contributed by atoms with Crippen molar-refractivity contribution in [2.24, 2.45) is 0 Å². The fraction of sp³-hybridized carbons (Fsp3) is 0.409. The van der Waals surface area contributed by atoms with Gasteiger partial charge in [0.2, 0.25) is 0 Å². The fourth-order valence-electron chi connectivity index (χ4n) is 3.85. The zero-order valence-electron chi connectivity index (χ0n) is 14.6. The SMILES string of the molecule is N#CC(CCCN1CCCCC1)(c1ccccc1)c1ccc(Cl)cc1. The second kappa shape index (κ2) is 8.52. The van der Waals surface area contributed by atoms with Crippen LogP contribution in [0.5, 0.6) is 0 Å². The van der Waals surface area contributed by atoms with E-state index < -0.39 is 5.41 Å². The Kier molecular flexibility index (Phi) is 6.13. The van der Waals surface area contributed by atoms with Gasteiger partial charge in [-0.1, -0.05) is 60.5 Å². The summed E-state index contributed by atoms with van der Waals surface area (Å²) < 4.78 is 0. The maximum atomic E-state index is 10.2. The zero-order valence-corrected chi connectivity index (χ0v) is 15.4. The molecule has 25 heavy (non-hydrogen) atoms. The Morgan fingerprint density at radius 2 is 1.56 bits per heavy atom. The van der Waals surface area contributed by atoms with Gasteiger partial charge in [0.25, 0.3) is 0 Å². The van der Waals surface area contributed by atoms with Crippen LogP contribution >= 0.6 is 11.6 Å². The summed E-state index contributed by atoms with van der Waals surface area (Å²) in [4.78, 5) is 2.54. The lowest BCUT2D eigenvalue weighted by Gasteiger charge is -2.31. The van der Waals surface area contributed by atoms with Crippen molar-refractivity contribution in [2.75, 3.05) is 19.6 Å². The summed E-state index contributed by atoms with van der Waals surface area (Å²) in [5.41, 5.74) is 1.49. The molecular formula is C22H25ClN2. The van der Waals surface area contributed by atoms with Crippen LogP contribution < -0.4 is 0 Å². The minimum absolute atomic E-state index is 0.609. The van der Waals surface area contributed by atoms with Crippen LogP contribution in [-0.2, 0) is 5.41 Å². The van der Waals surface area contributed by atoms with E-state index in [0.717, 1.165) is 30.5 Å². The number of nitrogens with zero attached hydrogens (tertiary/aromatic N) is 2. The van der Waals surface area contributed by atoms with E-state index in [1.54, 1.807) is 0 Å². The highest BCUT2D eigenvalue weighted by Gasteiger charge is 2.34. The second-order valence-corrected chi connectivity index (χ2v) is 7.33. The molecule has 3 heteroatoms. The van der Waals surface area contributed by atoms with Crippen molar-refractivity contribution in [3.8, 4) is 6.07 Å². The molecule has 0 aromatic heterocycles. The first-order valence-electron chi connectivity index (χ1n) is 9.20. The summed E-state index contributed by atoms with van der Waals surface area (Å²) in [6.07, 6.45) is 5.81. The third-order valence-electron chi connectivity index (χ3n) is 5.27. The first kappa shape index (κ1) is 18.0. The van der Waals surface area contributed by atoms with E-state index in [0.29, 0.717) is 5.02 Å². The smallest absolute Gasteiger partial charge is 0.107 e. The zero-order chi connectivity index (χ0) is 17.5. The van der Waals surface area contributed by atoms with E-state index in [1.807, 2.05) is 42.5 Å². The summed E-state index contributed by atoms with van der Waals surface area (Å²) in [6.45, 7) is 3.47. The Hall–Kier alpha value is -1.82. The van der Waals surface area contributed by atoms with E-state index in [9.17, 15) is 5.26 Å². The summed E-state index contributed by atoms with van der Waals surface area (Å²) in [5, 5.41) is 10.9. The molecule has 2 nitrogen and oxygen atoms in total. The Morgan fingerprint density at radius 3 is 2.20 bits per heavy atom. The number of halogens is 1. The number of benzene rings is 2. The predicted octanol–water partition coefficient (Wildman–Crippen LogP) is 5.42. The molecule has 0 spiro atoms. The van der Waals surface area contributed by atoms with Crippen LogP contribution in [0.25, 0.3) is 0 Å². The molecule has 1 aliphatic rings. The molecule has 1 heterocycles. The highest BCUT2D eigenvalue weighted by molar-refractivity contribution is 6.30. The molecule has 1 aliphatic heterocycles. The summed E-state index contributed by atoms with van der Waals surface area (Å²) >= 11 is 6.07. The molecule has 130 valence electrons. The molecule has 2 aromatic carbocycles. The van der Waals surface area contributed by atoms with Gasteiger partial charge in [-0.3, -0.25) is 0 Å². The molecule has 0 bridgehead atoms. The van der Waals surface area contributed by atoms with Crippen LogP contribution in [0, 0.1) is 11.3 Å². The monoisotopic (exact) mass is 352 g/mol. The molecule has 0 amide bonds. The minimum Gasteiger partial charge on any atom is -0.303 e. The molecule has 1 unspecified atom stereocenters. The van der Waals surface area contributed by atoms with Gasteiger partial charge in [0, 0.05) is 5.02 Å². The van der Waals surface area contributed by atoms with Gasteiger partial charge < -0.3 is 4.90 Å². The average Bonchev–Trinajstić information content (AvgIpc) is 2.68. The molecule has 1 atom stereocenters. The summed E-state index contributed by atoms with van der Waals surface area (Å²) in [5.74, 6) is 0. The Balaban J connectivity index is 1.83. The largest absolute Gasteiger partial charge is 0.303 e. The van der Waals surface area contributed by atoms with Crippen molar-refractivity contribution in [3.63, 3.8) is 0 Å². The third-order valence-corrected chi connectivity index (χ3v) is 5.52. The molecule has 2 aromatic rings. The number of hydrogen-bond donors (Lipinski definition) is 0. The van der Waals surface area contributed by atoms with Gasteiger partial charge in [-0.25, -0.2) is 0 Å². The fourth-order valence-corrected chi connectivity index (χ4v) is 3.97. The van der Waals surface area contributed by atoms with Crippen LogP contribution in [0.3, 0.4) is 0 Å². The molecule has 0 N–H and O–H groups in total. The molecule has 1 fully saturated rings. The van der Waals surface area contributed by atoms with Crippen molar-refractivity contribution < 1.29 is 0 Å². The standard InChI is InChI=1S/C22H25ClN2/c23-21-12-10-20(11-13-21)22(18-24,19-8-3-1-4-9-19)14-7-17-25-15-5-2-6-16-25/h1,3-4,8-13H,2,5-7,14-17H2. The first-order chi connectivity index (χ1) is 12.2. The van der Waals surface area contributed by atoms with Gasteiger partial charge in [-0.15, -0.1) is 0 Å². The highest BCUT2D eigenvalue weighted by atomic mass is 35.5. The third kappa shape index (κ3) is 4.24. The van der Waals surface area contributed by atoms with Crippen molar-refractivity contribution in [2.45, 2.75) is 37.5 Å². The van der Waals surface area contributed by atoms with Crippen molar-refractivity contribution in [1.29, 1.82) is 5.26 Å². The van der Waals surface area contributed by atoms with Crippen molar-refractivity contribution in [1.82, 2.24) is 4.90 Å². The average molecular weight is 353 g/mol. The number of hydrogen-bond acceptors (Lipinski definition) is 2. The Bertz CT molecular complexity index is 699. The van der Waals surface area contributed by atoms with Crippen LogP contribution in [0.15, 0.2) is 54.6 Å². The normalized spacial score (nSPS) is 17.6. The number of nitriles is 1. The lowest BCUT2D eigenvalue weighted by molar-refractivity contribution is 0.222. The Morgan fingerprint density at radius 1 is 0.920 bits per heavy atom. The molecule has 3 rings (SSSR count). The van der Waals surface area contributed by atoms with E-state index in [2.05, 4.69) is 23.1 Å². The first-order valence-corrected chi connectivity index (χ1v) is 9.57. The number of piperidine rings is 1. The van der Waals surface area contributed by atoms with Gasteiger partial charge in [-0.05, 0) is 68.6 Å². The van der Waals surface area contributed by atoms with Gasteiger partial charge in [-0.2, -0.15) is 5.26 Å². The van der Waals surface area contributed by atoms with E-state index in [1.165, 1.54) is 32.4 Å². The lowest BCUT2D eigenvalue weighted by atomic mass is 9.72. The lowest BCUT2D eigenvalue weighted by Crippen LogP contribution is -2.32. The molecule has 1 saturated heterocycles. The topological polar surface area (TPSA) is 27.0 Å². The Labute approximate surface area is 156 Å².